The standard InChI is InChI=1S/C13H20FN3O2S.HI/c1-3-20(18,19)8-7-16-13(15-2)17-10-11-5-4-6-12(14)9-11;/h4-6,9H,3,7-8,10H2,1-2H3,(H2,15,16,17);1H. The van der Waals surface area contributed by atoms with Crippen LogP contribution in [0.2, 0.25) is 0 Å². The molecule has 0 radical (unpaired) electrons. The molecule has 1 aromatic carbocycles. The summed E-state index contributed by atoms with van der Waals surface area (Å²) < 4.78 is 35.7. The van der Waals surface area contributed by atoms with E-state index in [0.717, 1.165) is 5.56 Å². The van der Waals surface area contributed by atoms with E-state index in [4.69, 9.17) is 0 Å². The monoisotopic (exact) mass is 429 g/mol. The molecule has 0 saturated heterocycles. The third kappa shape index (κ3) is 8.20. The Hall–Kier alpha value is -0.900. The Balaban J connectivity index is 0.00000400. The molecule has 0 bridgehead atoms. The topological polar surface area (TPSA) is 70.6 Å². The van der Waals surface area contributed by atoms with Crippen molar-refractivity contribution in [1.29, 1.82) is 0 Å². The highest BCUT2D eigenvalue weighted by molar-refractivity contribution is 14.0. The lowest BCUT2D eigenvalue weighted by molar-refractivity contribution is 0.595. The van der Waals surface area contributed by atoms with Crippen molar-refractivity contribution in [3.8, 4) is 0 Å². The molecule has 0 aliphatic rings. The van der Waals surface area contributed by atoms with Crippen LogP contribution in [0.25, 0.3) is 0 Å². The minimum absolute atomic E-state index is 0. The highest BCUT2D eigenvalue weighted by atomic mass is 127. The number of benzene rings is 1. The Bertz CT molecular complexity index is 564. The van der Waals surface area contributed by atoms with E-state index in [1.807, 2.05) is 0 Å². The maximum absolute atomic E-state index is 13.0. The van der Waals surface area contributed by atoms with Crippen molar-refractivity contribution >= 4 is 39.8 Å². The summed E-state index contributed by atoms with van der Waals surface area (Å²) in [5.74, 6) is 0.385. The molecular weight excluding hydrogens is 408 g/mol. The van der Waals surface area contributed by atoms with Crippen LogP contribution in [0, 0.1) is 5.82 Å². The Labute approximate surface area is 142 Å². The number of aliphatic imine (C=N–C) groups is 1. The van der Waals surface area contributed by atoms with Crippen LogP contribution in [0.15, 0.2) is 29.3 Å². The lowest BCUT2D eigenvalue weighted by Gasteiger charge is -2.11. The Morgan fingerprint density at radius 2 is 2.05 bits per heavy atom. The molecule has 120 valence electrons. The van der Waals surface area contributed by atoms with Gasteiger partial charge < -0.3 is 10.6 Å². The third-order valence-corrected chi connectivity index (χ3v) is 4.42. The number of hydrogen-bond acceptors (Lipinski definition) is 3. The zero-order chi connectivity index (χ0) is 15.0. The molecule has 8 heteroatoms. The summed E-state index contributed by atoms with van der Waals surface area (Å²) in [6.07, 6.45) is 0. The second kappa shape index (κ2) is 9.93. The van der Waals surface area contributed by atoms with Crippen molar-refractivity contribution in [3.05, 3.63) is 35.6 Å². The highest BCUT2D eigenvalue weighted by Crippen LogP contribution is 2.02. The first-order chi connectivity index (χ1) is 9.46. The fourth-order valence-electron chi connectivity index (χ4n) is 1.52. The maximum Gasteiger partial charge on any atom is 0.191 e. The van der Waals surface area contributed by atoms with Crippen molar-refractivity contribution < 1.29 is 12.8 Å². The molecule has 0 spiro atoms. The third-order valence-electron chi connectivity index (χ3n) is 2.72. The molecule has 0 heterocycles. The van der Waals surface area contributed by atoms with Gasteiger partial charge in [-0.05, 0) is 17.7 Å². The van der Waals surface area contributed by atoms with Crippen LogP contribution in [-0.2, 0) is 16.4 Å². The van der Waals surface area contributed by atoms with Crippen molar-refractivity contribution in [2.45, 2.75) is 13.5 Å². The summed E-state index contributed by atoms with van der Waals surface area (Å²) in [7, 11) is -1.40. The van der Waals surface area contributed by atoms with E-state index in [9.17, 15) is 12.8 Å². The average Bonchev–Trinajstić information content (AvgIpc) is 2.42. The minimum Gasteiger partial charge on any atom is -0.355 e. The molecule has 1 aromatic rings. The quantitative estimate of drug-likeness (QED) is 0.409. The lowest BCUT2D eigenvalue weighted by atomic mass is 10.2. The van der Waals surface area contributed by atoms with Crippen molar-refractivity contribution in [1.82, 2.24) is 10.6 Å². The van der Waals surface area contributed by atoms with E-state index in [-0.39, 0.29) is 41.3 Å². The van der Waals surface area contributed by atoms with Crippen LogP contribution in [0.3, 0.4) is 0 Å². The SMILES string of the molecule is CCS(=O)(=O)CCNC(=NC)NCc1cccc(F)c1.I. The van der Waals surface area contributed by atoms with Crippen LogP contribution >= 0.6 is 24.0 Å². The number of hydrogen-bond donors (Lipinski definition) is 2. The summed E-state index contributed by atoms with van der Waals surface area (Å²) in [5, 5.41) is 5.91. The number of nitrogens with zero attached hydrogens (tertiary/aromatic N) is 1. The zero-order valence-corrected chi connectivity index (χ0v) is 15.2. The highest BCUT2D eigenvalue weighted by Gasteiger charge is 2.07. The predicted molar refractivity (Wildman–Crippen MR) is 94.3 cm³/mol. The molecule has 21 heavy (non-hydrogen) atoms. The van der Waals surface area contributed by atoms with Crippen molar-refractivity contribution in [2.75, 3.05) is 25.1 Å². The van der Waals surface area contributed by atoms with Crippen LogP contribution < -0.4 is 10.6 Å². The second-order valence-electron chi connectivity index (χ2n) is 4.22. The van der Waals surface area contributed by atoms with Crippen LogP contribution in [0.1, 0.15) is 12.5 Å². The van der Waals surface area contributed by atoms with E-state index >= 15 is 0 Å². The number of sulfone groups is 1. The van der Waals surface area contributed by atoms with Gasteiger partial charge in [0, 0.05) is 25.9 Å². The predicted octanol–water partition coefficient (Wildman–Crippen LogP) is 1.54. The number of nitrogens with one attached hydrogen (secondary N) is 2. The van der Waals surface area contributed by atoms with Gasteiger partial charge in [-0.25, -0.2) is 12.8 Å². The first kappa shape index (κ1) is 20.1. The molecular formula is C13H21FIN3O2S. The summed E-state index contributed by atoms with van der Waals surface area (Å²) in [4.78, 5) is 3.98. The van der Waals surface area contributed by atoms with Crippen LogP contribution in [0.4, 0.5) is 4.39 Å². The fourth-order valence-corrected chi connectivity index (χ4v) is 2.22. The van der Waals surface area contributed by atoms with Gasteiger partial charge in [0.1, 0.15) is 5.82 Å². The molecule has 0 atom stereocenters. The maximum atomic E-state index is 13.0. The van der Waals surface area contributed by atoms with Gasteiger partial charge >= 0.3 is 0 Å². The van der Waals surface area contributed by atoms with Gasteiger partial charge in [0.25, 0.3) is 0 Å². The minimum atomic E-state index is -2.99. The number of guanidine groups is 1. The zero-order valence-electron chi connectivity index (χ0n) is 12.1. The Morgan fingerprint density at radius 1 is 1.33 bits per heavy atom. The van der Waals surface area contributed by atoms with E-state index in [0.29, 0.717) is 19.0 Å². The normalized spacial score (nSPS) is 11.7. The summed E-state index contributed by atoms with van der Waals surface area (Å²) in [6, 6.07) is 6.25. The van der Waals surface area contributed by atoms with Gasteiger partial charge in [0.15, 0.2) is 15.8 Å². The lowest BCUT2D eigenvalue weighted by Crippen LogP contribution is -2.39. The van der Waals surface area contributed by atoms with E-state index in [1.54, 1.807) is 26.1 Å². The van der Waals surface area contributed by atoms with Crippen LogP contribution in [0.5, 0.6) is 0 Å². The first-order valence-corrected chi connectivity index (χ1v) is 8.18. The molecule has 1 rings (SSSR count). The molecule has 2 N–H and O–H groups in total. The molecule has 5 nitrogen and oxygen atoms in total. The number of halogens is 2. The molecule has 0 saturated carbocycles. The molecule has 0 aliphatic carbocycles. The Kier molecular flexibility index (Phi) is 9.51. The smallest absolute Gasteiger partial charge is 0.191 e. The second-order valence-corrected chi connectivity index (χ2v) is 6.69. The van der Waals surface area contributed by atoms with Gasteiger partial charge in [-0.1, -0.05) is 19.1 Å². The summed E-state index contributed by atoms with van der Waals surface area (Å²) in [5.41, 5.74) is 0.786. The van der Waals surface area contributed by atoms with Gasteiger partial charge in [-0.15, -0.1) is 24.0 Å². The number of rotatable bonds is 6. The van der Waals surface area contributed by atoms with Crippen LogP contribution in [-0.4, -0.2) is 39.5 Å². The Morgan fingerprint density at radius 3 is 2.62 bits per heavy atom. The van der Waals surface area contributed by atoms with E-state index in [2.05, 4.69) is 15.6 Å². The fraction of sp³-hybridized carbons (Fsp3) is 0.462. The summed E-state index contributed by atoms with van der Waals surface area (Å²) >= 11 is 0. The van der Waals surface area contributed by atoms with Gasteiger partial charge in [0.05, 0.1) is 5.75 Å². The van der Waals surface area contributed by atoms with Gasteiger partial charge in [-0.2, -0.15) is 0 Å². The van der Waals surface area contributed by atoms with E-state index < -0.39 is 9.84 Å². The van der Waals surface area contributed by atoms with Crippen molar-refractivity contribution in [3.63, 3.8) is 0 Å². The molecule has 0 unspecified atom stereocenters. The summed E-state index contributed by atoms with van der Waals surface area (Å²) in [6.45, 7) is 2.32. The van der Waals surface area contributed by atoms with E-state index in [1.165, 1.54) is 12.1 Å². The van der Waals surface area contributed by atoms with Crippen molar-refractivity contribution in [2.24, 2.45) is 4.99 Å². The largest absolute Gasteiger partial charge is 0.355 e. The van der Waals surface area contributed by atoms with Gasteiger partial charge in [-0.3, -0.25) is 4.99 Å². The van der Waals surface area contributed by atoms with Gasteiger partial charge in [0.2, 0.25) is 0 Å². The average molecular weight is 429 g/mol. The first-order valence-electron chi connectivity index (χ1n) is 6.36. The molecule has 0 amide bonds. The molecule has 0 aromatic heterocycles. The molecule has 0 fully saturated rings. The molecule has 0 aliphatic heterocycles.